The second-order valence-electron chi connectivity index (χ2n) is 11.5. The molecule has 1 aromatic heterocycles. The fourth-order valence-electron chi connectivity index (χ4n) is 5.48. The highest BCUT2D eigenvalue weighted by Gasteiger charge is 2.40. The van der Waals surface area contributed by atoms with Crippen molar-refractivity contribution in [2.45, 2.75) is 84.6 Å². The molecule has 2 aliphatic rings. The van der Waals surface area contributed by atoms with Crippen LogP contribution >= 0.6 is 0 Å². The third-order valence-corrected chi connectivity index (χ3v) is 7.91. The Labute approximate surface area is 252 Å². The van der Waals surface area contributed by atoms with Crippen molar-refractivity contribution in [3.63, 3.8) is 0 Å². The third-order valence-electron chi connectivity index (χ3n) is 7.91. The number of para-hydroxylation sites is 1. The van der Waals surface area contributed by atoms with Gasteiger partial charge >= 0.3 is 11.7 Å². The van der Waals surface area contributed by atoms with E-state index in [0.29, 0.717) is 26.2 Å². The molecule has 232 valence electrons. The number of carbonyl (C=O) groups is 1. The number of benzene rings is 1. The van der Waals surface area contributed by atoms with Gasteiger partial charge < -0.3 is 24.2 Å². The Bertz CT molecular complexity index is 1520. The zero-order valence-corrected chi connectivity index (χ0v) is 25.7. The van der Waals surface area contributed by atoms with Crippen molar-refractivity contribution in [1.29, 1.82) is 0 Å². The summed E-state index contributed by atoms with van der Waals surface area (Å²) in [5, 5.41) is 11.1. The first-order valence-electron chi connectivity index (χ1n) is 15.0. The highest BCUT2D eigenvalue weighted by atomic mass is 16.7. The fraction of sp³-hybridized carbons (Fsp3) is 0.515. The SMILES string of the molecule is C=C(C)C(=O)OCCn1c(=O)c(C=C=C2N(CCOC3CCCCO3)c3ccccc3C2(C)C)c(O)n(CCCC)c1=O. The highest BCUT2D eigenvalue weighted by Crippen LogP contribution is 2.47. The number of unbranched alkanes of at least 4 members (excludes halogenated alkanes) is 1. The molecule has 2 aromatic rings. The molecule has 1 unspecified atom stereocenters. The number of hydrogen-bond acceptors (Lipinski definition) is 8. The molecule has 1 fully saturated rings. The summed E-state index contributed by atoms with van der Waals surface area (Å²) in [6.45, 7) is 12.8. The van der Waals surface area contributed by atoms with E-state index >= 15 is 0 Å². The average molecular weight is 594 g/mol. The number of aromatic nitrogens is 2. The first-order chi connectivity index (χ1) is 20.6. The van der Waals surface area contributed by atoms with Crippen LogP contribution in [0.3, 0.4) is 0 Å². The molecule has 1 saturated heterocycles. The summed E-state index contributed by atoms with van der Waals surface area (Å²) in [6.07, 6.45) is 5.65. The number of allylic oxidation sites excluding steroid dienone is 1. The second-order valence-corrected chi connectivity index (χ2v) is 11.5. The van der Waals surface area contributed by atoms with Gasteiger partial charge in [-0.1, -0.05) is 43.9 Å². The molecule has 10 nitrogen and oxygen atoms in total. The minimum Gasteiger partial charge on any atom is -0.494 e. The van der Waals surface area contributed by atoms with E-state index in [-0.39, 0.29) is 37.1 Å². The summed E-state index contributed by atoms with van der Waals surface area (Å²) < 4.78 is 19.1. The van der Waals surface area contributed by atoms with Crippen molar-refractivity contribution in [2.75, 3.05) is 31.3 Å². The molecule has 1 N–H and O–H groups in total. The third kappa shape index (κ3) is 7.04. The number of carbonyl (C=O) groups excluding carboxylic acids is 1. The standard InChI is InChI=1S/C33H43N3O7/c1-6-7-17-35-29(37)24(30(38)36(32(35)40)19-22-43-31(39)23(2)3)15-16-27-33(4,5)25-12-8-9-13-26(25)34(27)18-21-42-28-14-10-11-20-41-28/h8-9,12-13,15,28,37H,2,6-7,10-11,14,17-22H2,1,3-5H3. The van der Waals surface area contributed by atoms with Crippen molar-refractivity contribution >= 4 is 17.7 Å². The predicted molar refractivity (Wildman–Crippen MR) is 165 cm³/mol. The molecule has 43 heavy (non-hydrogen) atoms. The second kappa shape index (κ2) is 14.1. The number of fused-ring (bicyclic) bond motifs is 1. The van der Waals surface area contributed by atoms with Crippen molar-refractivity contribution in [2.24, 2.45) is 0 Å². The van der Waals surface area contributed by atoms with Crippen LogP contribution in [0, 0.1) is 0 Å². The molecule has 10 heteroatoms. The van der Waals surface area contributed by atoms with Crippen LogP contribution in [0.1, 0.15) is 70.9 Å². The maximum Gasteiger partial charge on any atom is 0.333 e. The van der Waals surface area contributed by atoms with Crippen LogP contribution in [0.25, 0.3) is 6.08 Å². The molecule has 4 rings (SSSR count). The molecule has 0 radical (unpaired) electrons. The van der Waals surface area contributed by atoms with Gasteiger partial charge in [-0.3, -0.25) is 13.9 Å². The topological polar surface area (TPSA) is 112 Å². The van der Waals surface area contributed by atoms with Crippen LogP contribution < -0.4 is 16.1 Å². The summed E-state index contributed by atoms with van der Waals surface area (Å²) in [5.74, 6) is -1.02. The van der Waals surface area contributed by atoms with Crippen molar-refractivity contribution in [3.05, 3.63) is 79.8 Å². The number of hydrogen-bond donors (Lipinski definition) is 1. The molecule has 1 atom stereocenters. The van der Waals surface area contributed by atoms with E-state index in [2.05, 4.69) is 37.1 Å². The van der Waals surface area contributed by atoms with E-state index in [0.717, 1.165) is 47.2 Å². The quantitative estimate of drug-likeness (QED) is 0.218. The lowest BCUT2D eigenvalue weighted by Gasteiger charge is -2.27. The maximum absolute atomic E-state index is 13.6. The molecule has 0 aliphatic carbocycles. The van der Waals surface area contributed by atoms with Crippen molar-refractivity contribution in [3.8, 4) is 5.88 Å². The summed E-state index contributed by atoms with van der Waals surface area (Å²) in [4.78, 5) is 40.8. The van der Waals surface area contributed by atoms with Crippen LogP contribution in [0.15, 0.2) is 57.4 Å². The Morgan fingerprint density at radius 2 is 1.93 bits per heavy atom. The zero-order valence-electron chi connectivity index (χ0n) is 25.7. The molecule has 0 spiro atoms. The largest absolute Gasteiger partial charge is 0.494 e. The zero-order chi connectivity index (χ0) is 31.1. The van der Waals surface area contributed by atoms with E-state index in [4.69, 9.17) is 14.2 Å². The average Bonchev–Trinajstić information content (AvgIpc) is 3.20. The van der Waals surface area contributed by atoms with Crippen LogP contribution in [-0.2, 0) is 37.5 Å². The normalized spacial score (nSPS) is 17.3. The number of ether oxygens (including phenoxy) is 3. The number of anilines is 1. The number of aromatic hydroxyl groups is 1. The number of rotatable bonds is 12. The van der Waals surface area contributed by atoms with Gasteiger partial charge in [0.25, 0.3) is 5.56 Å². The minimum absolute atomic E-state index is 0.0620. The highest BCUT2D eigenvalue weighted by molar-refractivity contribution is 5.86. The summed E-state index contributed by atoms with van der Waals surface area (Å²) >= 11 is 0. The molecule has 0 bridgehead atoms. The van der Waals surface area contributed by atoms with Gasteiger partial charge in [-0.2, -0.15) is 0 Å². The Balaban J connectivity index is 1.74. The van der Waals surface area contributed by atoms with E-state index in [1.54, 1.807) is 0 Å². The van der Waals surface area contributed by atoms with Crippen molar-refractivity contribution < 1.29 is 24.1 Å². The minimum atomic E-state index is -0.688. The van der Waals surface area contributed by atoms with E-state index in [9.17, 15) is 19.5 Å². The summed E-state index contributed by atoms with van der Waals surface area (Å²) in [6, 6.07) is 8.09. The predicted octanol–water partition coefficient (Wildman–Crippen LogP) is 4.47. The number of esters is 1. The molecule has 3 heterocycles. The van der Waals surface area contributed by atoms with Crippen LogP contribution in [0.2, 0.25) is 0 Å². The van der Waals surface area contributed by atoms with Crippen LogP contribution in [0.5, 0.6) is 5.88 Å². The Kier molecular flexibility index (Phi) is 10.5. The lowest BCUT2D eigenvalue weighted by atomic mass is 9.84. The van der Waals surface area contributed by atoms with Gasteiger partial charge in [-0.15, -0.1) is 0 Å². The molecule has 0 saturated carbocycles. The fourth-order valence-corrected chi connectivity index (χ4v) is 5.48. The summed E-state index contributed by atoms with van der Waals surface area (Å²) in [5.41, 5.74) is 4.59. The van der Waals surface area contributed by atoms with E-state index in [1.807, 2.05) is 25.1 Å². The molecule has 0 amide bonds. The van der Waals surface area contributed by atoms with Gasteiger partial charge in [0.05, 0.1) is 18.8 Å². The van der Waals surface area contributed by atoms with Gasteiger partial charge in [0.1, 0.15) is 12.2 Å². The molecular weight excluding hydrogens is 550 g/mol. The molecule has 2 aliphatic heterocycles. The van der Waals surface area contributed by atoms with Gasteiger partial charge in [-0.05, 0) is 58.1 Å². The Morgan fingerprint density at radius 1 is 1.16 bits per heavy atom. The van der Waals surface area contributed by atoms with Crippen LogP contribution in [0.4, 0.5) is 5.69 Å². The number of nitrogens with zero attached hydrogens (tertiary/aromatic N) is 3. The van der Waals surface area contributed by atoms with Crippen molar-refractivity contribution in [1.82, 2.24) is 9.13 Å². The smallest absolute Gasteiger partial charge is 0.333 e. The van der Waals surface area contributed by atoms with E-state index in [1.165, 1.54) is 17.6 Å². The maximum atomic E-state index is 13.6. The van der Waals surface area contributed by atoms with Gasteiger partial charge in [0.2, 0.25) is 5.88 Å². The monoisotopic (exact) mass is 593 g/mol. The molecule has 1 aromatic carbocycles. The van der Waals surface area contributed by atoms with E-state index < -0.39 is 28.5 Å². The van der Waals surface area contributed by atoms with Gasteiger partial charge in [0.15, 0.2) is 6.29 Å². The molecular formula is C33H43N3O7. The first-order valence-corrected chi connectivity index (χ1v) is 15.0. The van der Waals surface area contributed by atoms with Crippen LogP contribution in [-0.4, -0.2) is 52.9 Å². The Morgan fingerprint density at radius 3 is 2.63 bits per heavy atom. The first kappa shape index (κ1) is 32.1. The Hall–Kier alpha value is -3.85. The lowest BCUT2D eigenvalue weighted by Crippen LogP contribution is -2.42. The lowest BCUT2D eigenvalue weighted by molar-refractivity contribution is -0.160. The summed E-state index contributed by atoms with van der Waals surface area (Å²) in [7, 11) is 0. The van der Waals surface area contributed by atoms with Gasteiger partial charge in [0, 0.05) is 42.4 Å². The van der Waals surface area contributed by atoms with Gasteiger partial charge in [-0.25, -0.2) is 9.59 Å².